The van der Waals surface area contributed by atoms with Gasteiger partial charge in [0, 0.05) is 17.0 Å². The number of hydrogen-bond acceptors (Lipinski definition) is 5. The summed E-state index contributed by atoms with van der Waals surface area (Å²) in [6.07, 6.45) is 1.85. The second-order valence-electron chi connectivity index (χ2n) is 5.11. The first kappa shape index (κ1) is 12.7. The Morgan fingerprint density at radius 3 is 2.95 bits per heavy atom. The molecule has 0 aliphatic heterocycles. The van der Waals surface area contributed by atoms with Crippen molar-refractivity contribution in [2.75, 3.05) is 0 Å². The lowest BCUT2D eigenvalue weighted by Gasteiger charge is -2.07. The maximum Gasteiger partial charge on any atom is 0.306 e. The number of rotatable bonds is 2. The SMILES string of the molecule is CC(C)n1ncc2c(-c3ccsc3)c3sc(=O)[nH]c3nc21. The average Bonchev–Trinajstić information content (AvgIpc) is 3.13. The molecule has 0 radical (unpaired) electrons. The van der Waals surface area contributed by atoms with Gasteiger partial charge in [-0.05, 0) is 36.2 Å². The minimum absolute atomic E-state index is 0.0781. The van der Waals surface area contributed by atoms with E-state index in [9.17, 15) is 4.79 Å². The van der Waals surface area contributed by atoms with Crippen LogP contribution in [0.1, 0.15) is 19.9 Å². The fourth-order valence-corrected chi connectivity index (χ4v) is 4.01. The number of pyridine rings is 1. The van der Waals surface area contributed by atoms with E-state index in [1.807, 2.05) is 16.3 Å². The van der Waals surface area contributed by atoms with Gasteiger partial charge in [-0.25, -0.2) is 9.67 Å². The molecular weight excluding hydrogens is 304 g/mol. The van der Waals surface area contributed by atoms with Crippen LogP contribution in [-0.4, -0.2) is 19.7 Å². The minimum Gasteiger partial charge on any atom is -0.297 e. The highest BCUT2D eigenvalue weighted by Crippen LogP contribution is 2.36. The molecule has 106 valence electrons. The second-order valence-corrected chi connectivity index (χ2v) is 6.87. The van der Waals surface area contributed by atoms with Crippen molar-refractivity contribution in [3.05, 3.63) is 32.7 Å². The molecule has 4 rings (SSSR count). The van der Waals surface area contributed by atoms with Crippen molar-refractivity contribution in [1.82, 2.24) is 19.7 Å². The Hall–Kier alpha value is -1.99. The summed E-state index contributed by atoms with van der Waals surface area (Å²) in [5.41, 5.74) is 3.61. The van der Waals surface area contributed by atoms with Crippen LogP contribution in [0, 0.1) is 0 Å². The van der Waals surface area contributed by atoms with E-state index < -0.39 is 0 Å². The van der Waals surface area contributed by atoms with Crippen molar-refractivity contribution in [3.63, 3.8) is 0 Å². The largest absolute Gasteiger partial charge is 0.306 e. The van der Waals surface area contributed by atoms with E-state index in [4.69, 9.17) is 0 Å². The Kier molecular flexibility index (Phi) is 2.73. The molecule has 21 heavy (non-hydrogen) atoms. The number of aromatic nitrogens is 4. The van der Waals surface area contributed by atoms with Crippen molar-refractivity contribution >= 4 is 44.1 Å². The summed E-state index contributed by atoms with van der Waals surface area (Å²) in [4.78, 5) is 19.1. The third-order valence-corrected chi connectivity index (χ3v) is 4.98. The van der Waals surface area contributed by atoms with Gasteiger partial charge in [0.1, 0.15) is 0 Å². The lowest BCUT2D eigenvalue weighted by Crippen LogP contribution is -2.03. The number of thiophene rings is 1. The number of fused-ring (bicyclic) bond motifs is 2. The minimum atomic E-state index is -0.0781. The Morgan fingerprint density at radius 2 is 2.24 bits per heavy atom. The summed E-state index contributed by atoms with van der Waals surface area (Å²) in [6, 6.07) is 2.28. The Bertz CT molecular complexity index is 991. The van der Waals surface area contributed by atoms with E-state index in [1.54, 1.807) is 11.3 Å². The monoisotopic (exact) mass is 316 g/mol. The highest BCUT2D eigenvalue weighted by atomic mass is 32.1. The fourth-order valence-electron chi connectivity index (χ4n) is 2.51. The van der Waals surface area contributed by atoms with Crippen LogP contribution in [-0.2, 0) is 0 Å². The van der Waals surface area contributed by atoms with Crippen LogP contribution < -0.4 is 4.87 Å². The van der Waals surface area contributed by atoms with E-state index in [2.05, 4.69) is 40.4 Å². The Balaban J connectivity index is 2.22. The second kappa shape index (κ2) is 4.51. The van der Waals surface area contributed by atoms with Crippen LogP contribution in [0.5, 0.6) is 0 Å². The predicted molar refractivity (Wildman–Crippen MR) is 87.2 cm³/mol. The summed E-state index contributed by atoms with van der Waals surface area (Å²) < 4.78 is 2.79. The van der Waals surface area contributed by atoms with Gasteiger partial charge in [0.25, 0.3) is 0 Å². The van der Waals surface area contributed by atoms with Gasteiger partial charge >= 0.3 is 4.87 Å². The van der Waals surface area contributed by atoms with Gasteiger partial charge in [0.05, 0.1) is 10.9 Å². The van der Waals surface area contributed by atoms with E-state index in [1.165, 1.54) is 11.3 Å². The molecule has 0 aliphatic carbocycles. The summed E-state index contributed by atoms with van der Waals surface area (Å²) in [5.74, 6) is 0. The quantitative estimate of drug-likeness (QED) is 0.614. The maximum absolute atomic E-state index is 11.7. The first-order chi connectivity index (χ1) is 10.1. The van der Waals surface area contributed by atoms with Gasteiger partial charge in [-0.1, -0.05) is 11.3 Å². The zero-order valence-corrected chi connectivity index (χ0v) is 13.1. The third kappa shape index (κ3) is 1.85. The number of thiazole rings is 1. The van der Waals surface area contributed by atoms with Crippen molar-refractivity contribution in [3.8, 4) is 11.1 Å². The highest BCUT2D eigenvalue weighted by Gasteiger charge is 2.18. The number of aromatic amines is 1. The van der Waals surface area contributed by atoms with Crippen LogP contribution in [0.15, 0.2) is 27.8 Å². The topological polar surface area (TPSA) is 63.6 Å². The van der Waals surface area contributed by atoms with Crippen LogP contribution in [0.25, 0.3) is 32.5 Å². The van der Waals surface area contributed by atoms with Crippen molar-refractivity contribution in [2.24, 2.45) is 0 Å². The molecule has 0 saturated heterocycles. The lowest BCUT2D eigenvalue weighted by molar-refractivity contribution is 0.547. The summed E-state index contributed by atoms with van der Waals surface area (Å²) >= 11 is 2.84. The molecule has 0 atom stereocenters. The molecule has 0 amide bonds. The van der Waals surface area contributed by atoms with E-state index >= 15 is 0 Å². The predicted octanol–water partition coefficient (Wildman–Crippen LogP) is 3.64. The van der Waals surface area contributed by atoms with Crippen molar-refractivity contribution in [2.45, 2.75) is 19.9 Å². The molecule has 0 aromatic carbocycles. The molecule has 0 fully saturated rings. The molecule has 0 bridgehead atoms. The van der Waals surface area contributed by atoms with Crippen LogP contribution in [0.2, 0.25) is 0 Å². The maximum atomic E-state index is 11.7. The Morgan fingerprint density at radius 1 is 1.38 bits per heavy atom. The molecule has 0 unspecified atom stereocenters. The summed E-state index contributed by atoms with van der Waals surface area (Å²) in [7, 11) is 0. The van der Waals surface area contributed by atoms with Gasteiger partial charge < -0.3 is 0 Å². The van der Waals surface area contributed by atoms with Crippen LogP contribution in [0.3, 0.4) is 0 Å². The van der Waals surface area contributed by atoms with Gasteiger partial charge in [-0.2, -0.15) is 16.4 Å². The van der Waals surface area contributed by atoms with Crippen LogP contribution >= 0.6 is 22.7 Å². The summed E-state index contributed by atoms with van der Waals surface area (Å²) in [6.45, 7) is 4.14. The number of nitrogens with one attached hydrogen (secondary N) is 1. The molecule has 0 spiro atoms. The van der Waals surface area contributed by atoms with Crippen LogP contribution in [0.4, 0.5) is 0 Å². The summed E-state index contributed by atoms with van der Waals surface area (Å²) in [5, 5.41) is 9.58. The number of hydrogen-bond donors (Lipinski definition) is 1. The zero-order valence-electron chi connectivity index (χ0n) is 11.5. The normalized spacial score (nSPS) is 12.0. The molecule has 4 heterocycles. The smallest absolute Gasteiger partial charge is 0.297 e. The lowest BCUT2D eigenvalue weighted by atomic mass is 10.1. The average molecular weight is 316 g/mol. The standard InChI is InChI=1S/C14H12N4OS2/c1-7(2)18-13-9(5-15-18)10(8-3-4-20-6-8)11-12(16-13)17-14(19)21-11/h3-7H,1-2H3,(H,16,17,19). The first-order valence-corrected chi connectivity index (χ1v) is 8.33. The molecule has 4 aromatic heterocycles. The zero-order chi connectivity index (χ0) is 14.6. The first-order valence-electron chi connectivity index (χ1n) is 6.58. The molecule has 1 N–H and O–H groups in total. The van der Waals surface area contributed by atoms with Gasteiger partial charge in [-0.15, -0.1) is 0 Å². The third-order valence-electron chi connectivity index (χ3n) is 3.41. The van der Waals surface area contributed by atoms with E-state index in [0.717, 1.165) is 26.9 Å². The number of nitrogens with zero attached hydrogens (tertiary/aromatic N) is 3. The Labute approximate surface area is 127 Å². The molecule has 0 saturated carbocycles. The fraction of sp³-hybridized carbons (Fsp3) is 0.214. The van der Waals surface area contributed by atoms with Gasteiger partial charge in [0.15, 0.2) is 11.3 Å². The van der Waals surface area contributed by atoms with E-state index in [0.29, 0.717) is 5.65 Å². The highest BCUT2D eigenvalue weighted by molar-refractivity contribution is 7.17. The van der Waals surface area contributed by atoms with Crippen molar-refractivity contribution in [1.29, 1.82) is 0 Å². The molecule has 7 heteroatoms. The number of H-pyrrole nitrogens is 1. The van der Waals surface area contributed by atoms with Gasteiger partial charge in [0.2, 0.25) is 0 Å². The molecular formula is C14H12N4OS2. The molecule has 4 aromatic rings. The van der Waals surface area contributed by atoms with Gasteiger partial charge in [-0.3, -0.25) is 9.78 Å². The molecule has 0 aliphatic rings. The van der Waals surface area contributed by atoms with E-state index in [-0.39, 0.29) is 10.9 Å². The van der Waals surface area contributed by atoms with Crippen molar-refractivity contribution < 1.29 is 0 Å². The molecule has 5 nitrogen and oxygen atoms in total.